The fourth-order valence-electron chi connectivity index (χ4n) is 2.04. The summed E-state index contributed by atoms with van der Waals surface area (Å²) in [6, 6.07) is 10.3. The topological polar surface area (TPSA) is 82.8 Å². The van der Waals surface area contributed by atoms with Crippen molar-refractivity contribution in [2.45, 2.75) is 26.6 Å². The predicted molar refractivity (Wildman–Crippen MR) is 88.2 cm³/mol. The first-order chi connectivity index (χ1) is 11.5. The summed E-state index contributed by atoms with van der Waals surface area (Å²) in [4.78, 5) is 28.7. The first-order valence-electron chi connectivity index (χ1n) is 7.27. The van der Waals surface area contributed by atoms with Gasteiger partial charge in [0.05, 0.1) is 5.69 Å². The number of aromatic nitrogens is 3. The van der Waals surface area contributed by atoms with E-state index in [-0.39, 0.29) is 12.2 Å². The number of ether oxygens (including phenoxy) is 2. The summed E-state index contributed by atoms with van der Waals surface area (Å²) >= 11 is 1.30. The second kappa shape index (κ2) is 6.79. The van der Waals surface area contributed by atoms with Crippen molar-refractivity contribution in [2.75, 3.05) is 0 Å². The maximum Gasteiger partial charge on any atom is 0.347 e. The van der Waals surface area contributed by atoms with Gasteiger partial charge in [-0.15, -0.1) is 0 Å². The molecule has 0 saturated carbocycles. The highest BCUT2D eigenvalue weighted by Gasteiger charge is 2.17. The van der Waals surface area contributed by atoms with E-state index < -0.39 is 12.1 Å². The van der Waals surface area contributed by atoms with E-state index in [2.05, 4.69) is 10.1 Å². The average Bonchev–Trinajstić information content (AvgIpc) is 2.94. The lowest BCUT2D eigenvalue weighted by Gasteiger charge is -2.13. The fourth-order valence-corrected chi connectivity index (χ4v) is 2.81. The third-order valence-electron chi connectivity index (χ3n) is 3.15. The molecule has 0 N–H and O–H groups in total. The van der Waals surface area contributed by atoms with Gasteiger partial charge in [-0.3, -0.25) is 4.79 Å². The molecular formula is C16H15N3O4S. The summed E-state index contributed by atoms with van der Waals surface area (Å²) < 4.78 is 11.9. The van der Waals surface area contributed by atoms with Crippen LogP contribution in [0.5, 0.6) is 5.75 Å². The second-order valence-corrected chi connectivity index (χ2v) is 6.24. The molecule has 2 aromatic heterocycles. The number of fused-ring (bicyclic) bond motifs is 1. The van der Waals surface area contributed by atoms with E-state index in [0.717, 1.165) is 5.01 Å². The number of para-hydroxylation sites is 1. The molecule has 2 heterocycles. The number of esters is 1. The molecule has 24 heavy (non-hydrogen) atoms. The smallest absolute Gasteiger partial charge is 0.347 e. The highest BCUT2D eigenvalue weighted by molar-refractivity contribution is 7.16. The zero-order chi connectivity index (χ0) is 17.1. The van der Waals surface area contributed by atoms with Crippen molar-refractivity contribution in [1.29, 1.82) is 0 Å². The lowest BCUT2D eigenvalue weighted by molar-refractivity contribution is -0.152. The van der Waals surface area contributed by atoms with Crippen molar-refractivity contribution in [3.63, 3.8) is 0 Å². The summed E-state index contributed by atoms with van der Waals surface area (Å²) in [5.74, 6) is 0.0567. The maximum atomic E-state index is 12.0. The van der Waals surface area contributed by atoms with Crippen molar-refractivity contribution < 1.29 is 14.3 Å². The van der Waals surface area contributed by atoms with Crippen LogP contribution in [-0.4, -0.2) is 26.7 Å². The Bertz CT molecular complexity index is 920. The van der Waals surface area contributed by atoms with Gasteiger partial charge in [0, 0.05) is 6.07 Å². The molecule has 0 fully saturated rings. The van der Waals surface area contributed by atoms with Crippen LogP contribution in [0.25, 0.3) is 4.96 Å². The van der Waals surface area contributed by atoms with Gasteiger partial charge in [-0.25, -0.2) is 9.78 Å². The van der Waals surface area contributed by atoms with E-state index in [1.165, 1.54) is 21.9 Å². The normalized spacial score (nSPS) is 12.1. The number of benzene rings is 1. The first kappa shape index (κ1) is 16.1. The second-order valence-electron chi connectivity index (χ2n) is 5.08. The Hall–Kier alpha value is -2.74. The fraction of sp³-hybridized carbons (Fsp3) is 0.250. The van der Waals surface area contributed by atoms with Crippen LogP contribution >= 0.6 is 11.3 Å². The number of carbonyl (C=O) groups excluding carboxylic acids is 1. The lowest BCUT2D eigenvalue weighted by atomic mass is 10.3. The zero-order valence-electron chi connectivity index (χ0n) is 13.1. The van der Waals surface area contributed by atoms with Gasteiger partial charge in [-0.05, 0) is 26.0 Å². The van der Waals surface area contributed by atoms with Crippen LogP contribution in [0, 0.1) is 6.92 Å². The molecule has 0 spiro atoms. The summed E-state index contributed by atoms with van der Waals surface area (Å²) in [5, 5.41) is 4.79. The largest absolute Gasteiger partial charge is 0.479 e. The van der Waals surface area contributed by atoms with Crippen LogP contribution in [-0.2, 0) is 16.1 Å². The molecule has 3 rings (SSSR count). The SMILES string of the molecule is Cc1nn2c(=O)cc(COC(=O)[C@@H](C)Oc3ccccc3)nc2s1. The molecule has 0 radical (unpaired) electrons. The molecule has 0 unspecified atom stereocenters. The predicted octanol–water partition coefficient (Wildman–Crippen LogP) is 1.97. The summed E-state index contributed by atoms with van der Waals surface area (Å²) in [7, 11) is 0. The van der Waals surface area contributed by atoms with E-state index >= 15 is 0 Å². The van der Waals surface area contributed by atoms with Gasteiger partial charge >= 0.3 is 5.97 Å². The Balaban J connectivity index is 1.64. The van der Waals surface area contributed by atoms with Gasteiger partial charge in [0.15, 0.2) is 6.10 Å². The molecule has 124 valence electrons. The van der Waals surface area contributed by atoms with Crippen LogP contribution in [0.4, 0.5) is 0 Å². The molecule has 1 atom stereocenters. The molecule has 3 aromatic rings. The summed E-state index contributed by atoms with van der Waals surface area (Å²) in [6.07, 6.45) is -0.761. The van der Waals surface area contributed by atoms with E-state index in [9.17, 15) is 9.59 Å². The van der Waals surface area contributed by atoms with Gasteiger partial charge in [-0.2, -0.15) is 9.61 Å². The minimum Gasteiger partial charge on any atom is -0.479 e. The van der Waals surface area contributed by atoms with Gasteiger partial charge in [0.1, 0.15) is 17.4 Å². The minimum absolute atomic E-state index is 0.0932. The molecule has 0 amide bonds. The maximum absolute atomic E-state index is 12.0. The highest BCUT2D eigenvalue weighted by Crippen LogP contribution is 2.13. The molecule has 1 aromatic carbocycles. The number of rotatable bonds is 5. The van der Waals surface area contributed by atoms with Crippen molar-refractivity contribution in [3.05, 3.63) is 57.5 Å². The van der Waals surface area contributed by atoms with Crippen LogP contribution in [0.15, 0.2) is 41.2 Å². The molecule has 8 heteroatoms. The van der Waals surface area contributed by atoms with E-state index in [1.807, 2.05) is 18.2 Å². The van der Waals surface area contributed by atoms with E-state index in [0.29, 0.717) is 16.4 Å². The Morgan fingerprint density at radius 1 is 1.33 bits per heavy atom. The van der Waals surface area contributed by atoms with Gasteiger partial charge in [0.2, 0.25) is 4.96 Å². The molecule has 0 bridgehead atoms. The Labute approximate surface area is 141 Å². The Kier molecular flexibility index (Phi) is 4.57. The molecular weight excluding hydrogens is 330 g/mol. The third kappa shape index (κ3) is 3.60. The third-order valence-corrected chi connectivity index (χ3v) is 3.97. The Morgan fingerprint density at radius 2 is 2.08 bits per heavy atom. The number of nitrogens with zero attached hydrogens (tertiary/aromatic N) is 3. The van der Waals surface area contributed by atoms with Crippen LogP contribution in [0.1, 0.15) is 17.6 Å². The zero-order valence-corrected chi connectivity index (χ0v) is 13.9. The summed E-state index contributed by atoms with van der Waals surface area (Å²) in [5.41, 5.74) is 0.0768. The standard InChI is InChI=1S/C16H15N3O4S/c1-10(23-13-6-4-3-5-7-13)15(21)22-9-12-8-14(20)19-16(17-12)24-11(2)18-19/h3-8,10H,9H2,1-2H3/t10-/m1/s1. The van der Waals surface area contributed by atoms with Crippen LogP contribution in [0.3, 0.4) is 0 Å². The number of carbonyl (C=O) groups is 1. The Morgan fingerprint density at radius 3 is 2.83 bits per heavy atom. The molecule has 0 aliphatic heterocycles. The van der Waals surface area contributed by atoms with Gasteiger partial charge < -0.3 is 9.47 Å². The van der Waals surface area contributed by atoms with Crippen LogP contribution < -0.4 is 10.3 Å². The van der Waals surface area contributed by atoms with Crippen molar-refractivity contribution in [2.24, 2.45) is 0 Å². The molecule has 7 nitrogen and oxygen atoms in total. The molecule has 0 aliphatic carbocycles. The van der Waals surface area contributed by atoms with Crippen LogP contribution in [0.2, 0.25) is 0 Å². The monoisotopic (exact) mass is 345 g/mol. The molecule has 0 saturated heterocycles. The number of aryl methyl sites for hydroxylation is 1. The van der Waals surface area contributed by atoms with Crippen molar-refractivity contribution in [1.82, 2.24) is 14.6 Å². The van der Waals surface area contributed by atoms with Gasteiger partial charge in [-0.1, -0.05) is 29.5 Å². The average molecular weight is 345 g/mol. The van der Waals surface area contributed by atoms with Crippen molar-refractivity contribution in [3.8, 4) is 5.75 Å². The van der Waals surface area contributed by atoms with Crippen molar-refractivity contribution >= 4 is 22.3 Å². The van der Waals surface area contributed by atoms with E-state index in [1.54, 1.807) is 26.0 Å². The highest BCUT2D eigenvalue weighted by atomic mass is 32.1. The summed E-state index contributed by atoms with van der Waals surface area (Å²) in [6.45, 7) is 3.30. The minimum atomic E-state index is -0.761. The first-order valence-corrected chi connectivity index (χ1v) is 8.09. The van der Waals surface area contributed by atoms with Gasteiger partial charge in [0.25, 0.3) is 5.56 Å². The number of hydrogen-bond donors (Lipinski definition) is 0. The quantitative estimate of drug-likeness (QED) is 0.658. The molecule has 0 aliphatic rings. The van der Waals surface area contributed by atoms with E-state index in [4.69, 9.17) is 9.47 Å². The lowest BCUT2D eigenvalue weighted by Crippen LogP contribution is -2.26. The number of hydrogen-bond acceptors (Lipinski definition) is 7.